The van der Waals surface area contributed by atoms with E-state index in [4.69, 9.17) is 9.97 Å². The summed E-state index contributed by atoms with van der Waals surface area (Å²) in [5.74, 6) is 1.69. The third-order valence-corrected chi connectivity index (χ3v) is 6.85. The maximum Gasteiger partial charge on any atom is 0.251 e. The van der Waals surface area contributed by atoms with E-state index in [1.165, 1.54) is 37.9 Å². The number of carbonyl (C=O) groups excluding carboxylic acids is 1. The molecule has 1 aliphatic heterocycles. The number of aromatic nitrogens is 2. The van der Waals surface area contributed by atoms with Gasteiger partial charge in [-0.05, 0) is 67.7 Å². The van der Waals surface area contributed by atoms with Crippen LogP contribution in [0.4, 0.5) is 5.82 Å². The molecule has 2 heterocycles. The van der Waals surface area contributed by atoms with Crippen LogP contribution >= 0.6 is 0 Å². The summed E-state index contributed by atoms with van der Waals surface area (Å²) in [6.07, 6.45) is 6.54. The van der Waals surface area contributed by atoms with Crippen molar-refractivity contribution in [3.8, 4) is 11.1 Å². The predicted octanol–water partition coefficient (Wildman–Crippen LogP) is 4.29. The number of hydrogen-bond donors (Lipinski definition) is 2. The van der Waals surface area contributed by atoms with Gasteiger partial charge in [0.15, 0.2) is 0 Å². The highest BCUT2D eigenvalue weighted by Gasteiger charge is 2.26. The van der Waals surface area contributed by atoms with E-state index >= 15 is 0 Å². The van der Waals surface area contributed by atoms with Crippen molar-refractivity contribution < 1.29 is 4.79 Å². The smallest absolute Gasteiger partial charge is 0.251 e. The molecule has 176 valence electrons. The van der Waals surface area contributed by atoms with E-state index in [1.54, 1.807) is 7.05 Å². The summed E-state index contributed by atoms with van der Waals surface area (Å²) in [6, 6.07) is 16.3. The molecule has 0 bridgehead atoms. The van der Waals surface area contributed by atoms with Crippen LogP contribution < -0.4 is 10.6 Å². The van der Waals surface area contributed by atoms with E-state index in [1.807, 2.05) is 24.3 Å². The average Bonchev–Trinajstić information content (AvgIpc) is 3.25. The number of hydrogen-bond acceptors (Lipinski definition) is 5. The van der Waals surface area contributed by atoms with Gasteiger partial charge in [0.1, 0.15) is 11.6 Å². The molecule has 34 heavy (non-hydrogen) atoms. The van der Waals surface area contributed by atoms with Crippen LogP contribution in [0, 0.1) is 0 Å². The topological polar surface area (TPSA) is 70.1 Å². The lowest BCUT2D eigenvalue weighted by molar-refractivity contribution is 0.0963. The molecule has 1 fully saturated rings. The van der Waals surface area contributed by atoms with E-state index in [0.29, 0.717) is 12.0 Å². The Hall–Kier alpha value is -3.25. The summed E-state index contributed by atoms with van der Waals surface area (Å²) in [7, 11) is 1.66. The Morgan fingerprint density at radius 2 is 1.85 bits per heavy atom. The Morgan fingerprint density at radius 3 is 2.65 bits per heavy atom. The summed E-state index contributed by atoms with van der Waals surface area (Å²) >= 11 is 0. The predicted molar refractivity (Wildman–Crippen MR) is 136 cm³/mol. The van der Waals surface area contributed by atoms with Gasteiger partial charge in [0.25, 0.3) is 5.91 Å². The molecule has 6 nitrogen and oxygen atoms in total. The first-order valence-corrected chi connectivity index (χ1v) is 12.5. The molecule has 0 saturated carbocycles. The third-order valence-electron chi connectivity index (χ3n) is 6.85. The largest absolute Gasteiger partial charge is 0.369 e. The van der Waals surface area contributed by atoms with Gasteiger partial charge in [-0.15, -0.1) is 0 Å². The molecule has 1 aromatic heterocycles. The molecule has 2 aromatic carbocycles. The van der Waals surface area contributed by atoms with Gasteiger partial charge in [-0.25, -0.2) is 9.97 Å². The Labute approximate surface area is 201 Å². The molecule has 3 aromatic rings. The van der Waals surface area contributed by atoms with Gasteiger partial charge < -0.3 is 15.5 Å². The maximum atomic E-state index is 12.2. The quantitative estimate of drug-likeness (QED) is 0.388. The van der Waals surface area contributed by atoms with Gasteiger partial charge in [-0.2, -0.15) is 0 Å². The van der Waals surface area contributed by atoms with Crippen LogP contribution in [0.1, 0.15) is 58.7 Å². The Kier molecular flexibility index (Phi) is 6.86. The second kappa shape index (κ2) is 10.3. The molecule has 6 heteroatoms. The summed E-state index contributed by atoms with van der Waals surface area (Å²) in [5.41, 5.74) is 6.29. The van der Waals surface area contributed by atoms with E-state index in [0.717, 1.165) is 60.0 Å². The maximum absolute atomic E-state index is 12.2. The van der Waals surface area contributed by atoms with Crippen LogP contribution in [0.2, 0.25) is 0 Å². The summed E-state index contributed by atoms with van der Waals surface area (Å²) in [4.78, 5) is 24.7. The van der Waals surface area contributed by atoms with Gasteiger partial charge in [0.2, 0.25) is 0 Å². The zero-order chi connectivity index (χ0) is 23.3. The minimum Gasteiger partial charge on any atom is -0.369 e. The number of fused-ring (bicyclic) bond motifs is 3. The third kappa shape index (κ3) is 4.97. The molecule has 1 aliphatic carbocycles. The van der Waals surface area contributed by atoms with Crippen LogP contribution in [0.15, 0.2) is 48.5 Å². The van der Waals surface area contributed by atoms with Gasteiger partial charge in [-0.3, -0.25) is 4.79 Å². The first kappa shape index (κ1) is 22.5. The SMILES string of the molecule is CNC(=O)c1ccc2c(c1)Cc1nc(Cc3ccccc3)nc(NCCCN3CCCCC3)c1-2. The summed E-state index contributed by atoms with van der Waals surface area (Å²) in [5, 5.41) is 6.36. The second-order valence-corrected chi connectivity index (χ2v) is 9.28. The molecule has 0 radical (unpaired) electrons. The minimum atomic E-state index is -0.0642. The number of benzene rings is 2. The number of amides is 1. The van der Waals surface area contributed by atoms with Crippen LogP contribution in [-0.4, -0.2) is 54.0 Å². The first-order chi connectivity index (χ1) is 16.7. The number of carbonyl (C=O) groups is 1. The van der Waals surface area contributed by atoms with Crippen LogP contribution in [0.3, 0.4) is 0 Å². The highest BCUT2D eigenvalue weighted by Crippen LogP contribution is 2.40. The van der Waals surface area contributed by atoms with Gasteiger partial charge in [-0.1, -0.05) is 42.8 Å². The average molecular weight is 456 g/mol. The molecule has 2 N–H and O–H groups in total. The van der Waals surface area contributed by atoms with E-state index in [9.17, 15) is 4.79 Å². The van der Waals surface area contributed by atoms with Gasteiger partial charge in [0, 0.05) is 37.6 Å². The fourth-order valence-electron chi connectivity index (χ4n) is 5.10. The minimum absolute atomic E-state index is 0.0642. The Morgan fingerprint density at radius 1 is 1.03 bits per heavy atom. The van der Waals surface area contributed by atoms with E-state index in [2.05, 4.69) is 39.8 Å². The summed E-state index contributed by atoms with van der Waals surface area (Å²) in [6.45, 7) is 4.47. The molecule has 5 rings (SSSR count). The standard InChI is InChI=1S/C28H33N5O/c1-29-28(34)21-11-12-23-22(18-21)19-24-26(23)27(30-13-8-16-33-14-6-3-7-15-33)32-25(31-24)17-20-9-4-2-5-10-20/h2,4-5,9-12,18H,3,6-8,13-17,19H2,1H3,(H,29,34)(H,30,31,32). The normalized spacial score (nSPS) is 15.0. The Bertz CT molecular complexity index is 1150. The molecule has 0 spiro atoms. The van der Waals surface area contributed by atoms with Crippen molar-refractivity contribution in [1.29, 1.82) is 0 Å². The molecule has 0 atom stereocenters. The number of nitrogens with one attached hydrogen (secondary N) is 2. The van der Waals surface area contributed by atoms with E-state index in [-0.39, 0.29) is 5.91 Å². The molecular formula is C28H33N5O. The highest BCUT2D eigenvalue weighted by molar-refractivity contribution is 5.96. The van der Waals surface area contributed by atoms with Crippen molar-refractivity contribution in [1.82, 2.24) is 20.2 Å². The van der Waals surface area contributed by atoms with E-state index < -0.39 is 0 Å². The van der Waals surface area contributed by atoms with Gasteiger partial charge in [0.05, 0.1) is 5.69 Å². The number of nitrogens with zero attached hydrogens (tertiary/aromatic N) is 3. The number of rotatable bonds is 8. The zero-order valence-corrected chi connectivity index (χ0v) is 19.9. The highest BCUT2D eigenvalue weighted by atomic mass is 16.1. The summed E-state index contributed by atoms with van der Waals surface area (Å²) < 4.78 is 0. The number of anilines is 1. The van der Waals surface area contributed by atoms with Crippen LogP contribution in [-0.2, 0) is 12.8 Å². The zero-order valence-electron chi connectivity index (χ0n) is 19.9. The monoisotopic (exact) mass is 455 g/mol. The molecule has 1 saturated heterocycles. The van der Waals surface area contributed by atoms with Crippen molar-refractivity contribution in [2.75, 3.05) is 38.5 Å². The van der Waals surface area contributed by atoms with Crippen molar-refractivity contribution in [3.63, 3.8) is 0 Å². The second-order valence-electron chi connectivity index (χ2n) is 9.28. The lowest BCUT2D eigenvalue weighted by Crippen LogP contribution is -2.31. The number of likely N-dealkylation sites (tertiary alicyclic amines) is 1. The molecule has 2 aliphatic rings. The number of piperidine rings is 1. The lowest BCUT2D eigenvalue weighted by atomic mass is 10.0. The first-order valence-electron chi connectivity index (χ1n) is 12.5. The van der Waals surface area contributed by atoms with Crippen molar-refractivity contribution in [2.45, 2.75) is 38.5 Å². The van der Waals surface area contributed by atoms with Gasteiger partial charge >= 0.3 is 0 Å². The Balaban J connectivity index is 1.39. The van der Waals surface area contributed by atoms with Crippen molar-refractivity contribution in [3.05, 3.63) is 76.7 Å². The fraction of sp³-hybridized carbons (Fsp3) is 0.393. The fourth-order valence-corrected chi connectivity index (χ4v) is 5.10. The van der Waals surface area contributed by atoms with Crippen molar-refractivity contribution in [2.24, 2.45) is 0 Å². The van der Waals surface area contributed by atoms with Crippen LogP contribution in [0.25, 0.3) is 11.1 Å². The van der Waals surface area contributed by atoms with Crippen molar-refractivity contribution >= 4 is 11.7 Å². The molecule has 0 unspecified atom stereocenters. The molecular weight excluding hydrogens is 422 g/mol. The lowest BCUT2D eigenvalue weighted by Gasteiger charge is -2.26. The molecule has 1 amide bonds. The van der Waals surface area contributed by atoms with Crippen LogP contribution in [0.5, 0.6) is 0 Å².